The molecule has 0 spiro atoms. The maximum Gasteiger partial charge on any atom is 2.00 e. The fourth-order valence-corrected chi connectivity index (χ4v) is 7.02. The minimum atomic E-state index is -1.20. The summed E-state index contributed by atoms with van der Waals surface area (Å²) in [6.45, 7) is 14.1. The summed E-state index contributed by atoms with van der Waals surface area (Å²) in [5, 5.41) is 0. The summed E-state index contributed by atoms with van der Waals surface area (Å²) < 4.78 is 10.1. The van der Waals surface area contributed by atoms with Crippen molar-refractivity contribution in [3.05, 3.63) is 75.4 Å². The Kier molecular flexibility index (Phi) is 9.28. The molecule has 5 heterocycles. The first-order chi connectivity index (χ1) is 21.5. The molecule has 10 heteroatoms. The van der Waals surface area contributed by atoms with Gasteiger partial charge < -0.3 is 19.4 Å². The monoisotopic (exact) mass is 806 g/mol. The summed E-state index contributed by atoms with van der Waals surface area (Å²) >= 11 is 0. The molecule has 3 unspecified atom stereocenters. The summed E-state index contributed by atoms with van der Waals surface area (Å²) in [7, 11) is 2.63. The quantitative estimate of drug-likeness (QED) is 0.157. The molecule has 0 fully saturated rings. The van der Waals surface area contributed by atoms with Gasteiger partial charge in [-0.15, -0.1) is 22.1 Å². The van der Waals surface area contributed by atoms with Crippen LogP contribution in [0.15, 0.2) is 24.8 Å². The summed E-state index contributed by atoms with van der Waals surface area (Å²) in [6.07, 6.45) is 3.13. The van der Waals surface area contributed by atoms with Crippen LogP contribution >= 0.6 is 0 Å². The first kappa shape index (κ1) is 33.5. The molecule has 0 aromatic carbocycles. The van der Waals surface area contributed by atoms with Crippen molar-refractivity contribution in [1.82, 2.24) is 19.9 Å². The predicted octanol–water partition coefficient (Wildman–Crippen LogP) is 6.46. The van der Waals surface area contributed by atoms with Crippen LogP contribution in [0.4, 0.5) is 0 Å². The summed E-state index contributed by atoms with van der Waals surface area (Å²) in [6, 6.07) is 5.87. The van der Waals surface area contributed by atoms with E-state index in [9.17, 15) is 14.4 Å². The Morgan fingerprint density at radius 3 is 2.33 bits per heavy atom. The van der Waals surface area contributed by atoms with Gasteiger partial charge in [0.25, 0.3) is 0 Å². The first-order valence-corrected chi connectivity index (χ1v) is 15.2. The van der Waals surface area contributed by atoms with E-state index in [-0.39, 0.29) is 57.7 Å². The molecule has 3 aromatic heterocycles. The maximum atomic E-state index is 14.0. The van der Waals surface area contributed by atoms with Crippen LogP contribution in [0, 0.1) is 13.8 Å². The fourth-order valence-electron chi connectivity index (χ4n) is 7.02. The van der Waals surface area contributed by atoms with Crippen LogP contribution in [0.25, 0.3) is 39.3 Å². The number of carbonyl (C=O) groups excluding carboxylic acids is 3. The molecule has 232 valence electrons. The number of allylic oxidation sites excluding steroid dienone is 2. The standard InChI is InChI=1S/C36H37N4O5.Hg/c1-9-20-16(3)23-13-25-18(5)22(11-12-29(41)44-7)33(39-25)31-32(36(43)45-8)35(42)30-19(6)26(40-34(30)31)15-28-21(10-2)17(4)24(38-28)14-27(20)37-23;/h9,13-15,18,22,32H,1,10-12H2,2-8H3,(H-,37,38,39,40,42);/q-1;+2/p-1. The number of aryl methyl sites for hydroxylation is 2. The second-order valence-corrected chi connectivity index (χ2v) is 11.9. The molecule has 9 nitrogen and oxygen atoms in total. The van der Waals surface area contributed by atoms with E-state index in [4.69, 9.17) is 29.4 Å². The molecular formula is C36H36HgN4O5. The number of rotatable bonds is 6. The number of hydrogen-bond donors (Lipinski definition) is 0. The molecule has 2 aliphatic heterocycles. The van der Waals surface area contributed by atoms with Crippen LogP contribution in [-0.4, -0.2) is 41.9 Å². The Balaban J connectivity index is 0.00000417. The number of nitrogens with zero attached hydrogens (tertiary/aromatic N) is 4. The molecule has 0 saturated heterocycles. The van der Waals surface area contributed by atoms with Gasteiger partial charge in [0.15, 0.2) is 5.78 Å². The second kappa shape index (κ2) is 12.7. The average Bonchev–Trinajstić information content (AvgIpc) is 3.76. The number of Topliss-reactive ketones (excluding diaryl/α,β-unsaturated/α-hetero) is 1. The minimum absolute atomic E-state index is 0. The molecule has 46 heavy (non-hydrogen) atoms. The van der Waals surface area contributed by atoms with E-state index in [1.54, 1.807) is 0 Å². The molecule has 3 aliphatic rings. The largest absolute Gasteiger partial charge is 2.00 e. The number of hydrogen-bond acceptors (Lipinski definition) is 7. The zero-order chi connectivity index (χ0) is 32.3. The first-order valence-electron chi connectivity index (χ1n) is 15.2. The van der Waals surface area contributed by atoms with E-state index in [0.29, 0.717) is 39.8 Å². The van der Waals surface area contributed by atoms with Crippen molar-refractivity contribution >= 4 is 57.0 Å². The van der Waals surface area contributed by atoms with Gasteiger partial charge in [-0.05, 0) is 55.9 Å². The van der Waals surface area contributed by atoms with Gasteiger partial charge in [0, 0.05) is 35.2 Å². The van der Waals surface area contributed by atoms with Crippen molar-refractivity contribution < 1.29 is 51.5 Å². The molecule has 1 aliphatic carbocycles. The van der Waals surface area contributed by atoms with Crippen molar-refractivity contribution in [2.45, 2.75) is 71.6 Å². The van der Waals surface area contributed by atoms with E-state index in [0.717, 1.165) is 56.8 Å². The maximum absolute atomic E-state index is 14.0. The number of ketones is 1. The van der Waals surface area contributed by atoms with E-state index >= 15 is 0 Å². The normalized spacial score (nSPS) is 18.4. The average molecular weight is 805 g/mol. The van der Waals surface area contributed by atoms with Crippen LogP contribution in [-0.2, 0) is 46.7 Å². The van der Waals surface area contributed by atoms with Gasteiger partial charge in [0.05, 0.1) is 25.6 Å². The molecule has 0 saturated carbocycles. The van der Waals surface area contributed by atoms with Crippen molar-refractivity contribution in [3.8, 4) is 0 Å². The molecule has 3 aromatic rings. The van der Waals surface area contributed by atoms with E-state index in [1.165, 1.54) is 14.2 Å². The van der Waals surface area contributed by atoms with Crippen LogP contribution in [0.2, 0.25) is 0 Å². The Hall–Kier alpha value is -3.85. The van der Waals surface area contributed by atoms with Crippen LogP contribution in [0.1, 0.15) is 113 Å². The van der Waals surface area contributed by atoms with Gasteiger partial charge in [-0.25, -0.2) is 4.98 Å². The summed E-state index contributed by atoms with van der Waals surface area (Å²) in [5.41, 5.74) is 11.0. The Labute approximate surface area is 288 Å². The smallest absolute Gasteiger partial charge is 0.657 e. The van der Waals surface area contributed by atoms with Crippen LogP contribution in [0.5, 0.6) is 0 Å². The third-order valence-corrected chi connectivity index (χ3v) is 9.63. The molecule has 3 atom stereocenters. The Bertz CT molecular complexity index is 2020. The molecule has 0 amide bonds. The zero-order valence-corrected chi connectivity index (χ0v) is 32.9. The van der Waals surface area contributed by atoms with Crippen molar-refractivity contribution in [1.29, 1.82) is 0 Å². The van der Waals surface area contributed by atoms with E-state index < -0.39 is 11.9 Å². The Morgan fingerprint density at radius 2 is 1.67 bits per heavy atom. The fraction of sp³-hybridized carbons (Fsp3) is 0.361. The number of aromatic nitrogens is 4. The molecule has 0 radical (unpaired) electrons. The molecule has 6 rings (SSSR count). The number of esters is 2. The van der Waals surface area contributed by atoms with Gasteiger partial charge in [-0.2, -0.15) is 0 Å². The minimum Gasteiger partial charge on any atom is -0.657 e. The van der Waals surface area contributed by atoms with Crippen molar-refractivity contribution in [2.24, 2.45) is 0 Å². The van der Waals surface area contributed by atoms with Gasteiger partial charge in [0.1, 0.15) is 5.92 Å². The summed E-state index contributed by atoms with van der Waals surface area (Å²) in [4.78, 5) is 59.7. The van der Waals surface area contributed by atoms with Gasteiger partial charge in [0.2, 0.25) is 0 Å². The van der Waals surface area contributed by atoms with E-state index in [1.807, 2.05) is 45.0 Å². The van der Waals surface area contributed by atoms with Gasteiger partial charge >= 0.3 is 39.6 Å². The predicted molar refractivity (Wildman–Crippen MR) is 173 cm³/mol. The van der Waals surface area contributed by atoms with Crippen LogP contribution in [0.3, 0.4) is 0 Å². The van der Waals surface area contributed by atoms with E-state index in [2.05, 4.69) is 20.4 Å². The SMILES string of the molecule is C=Cc1c(C)c2cc3nc(c4c5[n-]c(cc6nc(cc1[n-]2)C(C)=C6CC)c(C)c5C(=O)C4C(=O)OC)C(CCC(=O)OC)C3C.[Hg+2]. The molecule has 0 N–H and O–H groups in total. The zero-order valence-electron chi connectivity index (χ0n) is 27.4. The number of ether oxygens (including phenoxy) is 2. The van der Waals surface area contributed by atoms with Crippen molar-refractivity contribution in [3.63, 3.8) is 0 Å². The third kappa shape index (κ3) is 5.16. The number of methoxy groups -OCH3 is 2. The Morgan fingerprint density at radius 1 is 0.978 bits per heavy atom. The number of fused-ring (bicyclic) bond motifs is 8. The molecular weight excluding hydrogens is 769 g/mol. The van der Waals surface area contributed by atoms with Gasteiger partial charge in [-0.3, -0.25) is 19.4 Å². The van der Waals surface area contributed by atoms with Crippen molar-refractivity contribution in [2.75, 3.05) is 14.2 Å². The van der Waals surface area contributed by atoms with Crippen LogP contribution < -0.4 is 9.97 Å². The number of carbonyl (C=O) groups is 3. The van der Waals surface area contributed by atoms with Gasteiger partial charge in [-0.1, -0.05) is 55.8 Å². The summed E-state index contributed by atoms with van der Waals surface area (Å²) in [5.74, 6) is -3.01. The molecule has 8 bridgehead atoms. The third-order valence-electron chi connectivity index (χ3n) is 9.63. The topological polar surface area (TPSA) is 124 Å². The second-order valence-electron chi connectivity index (χ2n) is 11.9.